The zero-order valence-corrected chi connectivity index (χ0v) is 36.5. The number of fused-ring (bicyclic) bond motifs is 1. The van der Waals surface area contributed by atoms with Gasteiger partial charge in [-0.1, -0.05) is 138 Å². The first-order chi connectivity index (χ1) is 28.1. The number of ketones is 3. The number of Topliss-reactive ketones (excluding diaryl/α,β-unsaturated/α-hetero) is 3. The number of nitrogens with zero attached hydrogens (tertiary/aromatic N) is 1. The summed E-state index contributed by atoms with van der Waals surface area (Å²) in [4.78, 5) is 69.9. The van der Waals surface area contributed by atoms with E-state index in [2.05, 4.69) is 50.4 Å². The molecule has 59 heavy (non-hydrogen) atoms. The molecular formula is C49H60N2O7Si. The van der Waals surface area contributed by atoms with Gasteiger partial charge in [0, 0.05) is 31.7 Å². The quantitative estimate of drug-likeness (QED) is 0.0820. The summed E-state index contributed by atoms with van der Waals surface area (Å²) in [6.07, 6.45) is 1.93. The van der Waals surface area contributed by atoms with Gasteiger partial charge in [0.15, 0.2) is 17.2 Å². The molecule has 2 aliphatic heterocycles. The fraction of sp³-hybridized carbons (Fsp3) is 0.449. The largest absolute Gasteiger partial charge is 0.404 e. The number of benzene rings is 4. The number of amides is 2. The first-order valence-corrected chi connectivity index (χ1v) is 23.1. The van der Waals surface area contributed by atoms with Crippen molar-refractivity contribution in [2.45, 2.75) is 109 Å². The van der Waals surface area contributed by atoms with E-state index in [0.29, 0.717) is 25.8 Å². The molecule has 0 bridgehead atoms. The maximum absolute atomic E-state index is 14.8. The molecule has 6 rings (SSSR count). The van der Waals surface area contributed by atoms with E-state index in [1.165, 1.54) is 6.92 Å². The van der Waals surface area contributed by atoms with Gasteiger partial charge in [-0.3, -0.25) is 19.2 Å². The van der Waals surface area contributed by atoms with Gasteiger partial charge in [-0.25, -0.2) is 0 Å². The fourth-order valence-electron chi connectivity index (χ4n) is 8.79. The lowest BCUT2D eigenvalue weighted by Gasteiger charge is -2.43. The van der Waals surface area contributed by atoms with Gasteiger partial charge in [0.05, 0.1) is 25.3 Å². The Labute approximate surface area is 350 Å². The number of likely N-dealkylation sites (tertiary alicyclic amines) is 1. The average Bonchev–Trinajstić information content (AvgIpc) is 3.84. The predicted octanol–water partition coefficient (Wildman–Crippen LogP) is 6.76. The summed E-state index contributed by atoms with van der Waals surface area (Å²) < 4.78 is 13.3. The van der Waals surface area contributed by atoms with Gasteiger partial charge >= 0.3 is 0 Å². The standard InChI is InChI=1S/C49H60N2O7Si/c1-34(2)28-42(46(55)49(32-57-49)33-58-59(48(4,5)6,40-18-9-7-10-19-40)41-20-11-8-12-21-41)50-47(56)39(30-36-24-25-37-16-13-14-17-38(37)29-36)31-44(53)43-22-15-27-51(43)45(54)26-23-35(3)52/h7-14,16-21,24-25,29,34,39,42-43H,15,22-23,26-28,30-33H2,1-6H3,(H,50,56)/t39-,42+,43+,49+/m1/s1. The predicted molar refractivity (Wildman–Crippen MR) is 234 cm³/mol. The van der Waals surface area contributed by atoms with Crippen LogP contribution in [0.1, 0.15) is 85.6 Å². The van der Waals surface area contributed by atoms with Gasteiger partial charge in [0.2, 0.25) is 11.8 Å². The molecule has 10 heteroatoms. The Bertz CT molecular complexity index is 2090. The summed E-state index contributed by atoms with van der Waals surface area (Å²) in [5.74, 6) is -1.84. The Morgan fingerprint density at radius 3 is 2.05 bits per heavy atom. The molecule has 312 valence electrons. The first-order valence-electron chi connectivity index (χ1n) is 21.2. The summed E-state index contributed by atoms with van der Waals surface area (Å²) in [6, 6.07) is 33.0. The number of carbonyl (C=O) groups excluding carboxylic acids is 5. The van der Waals surface area contributed by atoms with Gasteiger partial charge in [-0.15, -0.1) is 0 Å². The summed E-state index contributed by atoms with van der Waals surface area (Å²) >= 11 is 0. The smallest absolute Gasteiger partial charge is 0.261 e. The topological polar surface area (TPSA) is 122 Å². The van der Waals surface area contributed by atoms with Gasteiger partial charge in [-0.05, 0) is 70.3 Å². The van der Waals surface area contributed by atoms with Crippen molar-refractivity contribution in [1.29, 1.82) is 0 Å². The molecule has 2 saturated heterocycles. The molecule has 4 aromatic rings. The molecule has 4 atom stereocenters. The highest BCUT2D eigenvalue weighted by Crippen LogP contribution is 2.40. The van der Waals surface area contributed by atoms with Crippen LogP contribution in [-0.4, -0.2) is 79.8 Å². The van der Waals surface area contributed by atoms with E-state index < -0.39 is 31.9 Å². The van der Waals surface area contributed by atoms with E-state index in [1.54, 1.807) is 4.90 Å². The van der Waals surface area contributed by atoms with Crippen LogP contribution < -0.4 is 15.7 Å². The van der Waals surface area contributed by atoms with Crippen molar-refractivity contribution < 1.29 is 33.1 Å². The number of carbonyl (C=O) groups is 5. The number of hydrogen-bond acceptors (Lipinski definition) is 7. The van der Waals surface area contributed by atoms with E-state index in [1.807, 2.05) is 92.7 Å². The Kier molecular flexibility index (Phi) is 13.8. The third kappa shape index (κ3) is 10.2. The number of ether oxygens (including phenoxy) is 1. The van der Waals surface area contributed by atoms with Crippen molar-refractivity contribution in [3.63, 3.8) is 0 Å². The van der Waals surface area contributed by atoms with Crippen molar-refractivity contribution in [2.24, 2.45) is 11.8 Å². The molecule has 2 fully saturated rings. The molecule has 0 radical (unpaired) electrons. The Hall–Kier alpha value is -4.77. The third-order valence-electron chi connectivity index (χ3n) is 12.0. The highest BCUT2D eigenvalue weighted by atomic mass is 28.4. The van der Waals surface area contributed by atoms with Gasteiger partial charge < -0.3 is 24.2 Å². The van der Waals surface area contributed by atoms with Crippen LogP contribution in [-0.2, 0) is 39.6 Å². The minimum atomic E-state index is -3.00. The van der Waals surface area contributed by atoms with Crippen molar-refractivity contribution in [1.82, 2.24) is 10.2 Å². The molecule has 2 aliphatic rings. The second-order valence-electron chi connectivity index (χ2n) is 18.0. The summed E-state index contributed by atoms with van der Waals surface area (Å²) in [5, 5.41) is 7.09. The van der Waals surface area contributed by atoms with Crippen LogP contribution in [0, 0.1) is 11.8 Å². The van der Waals surface area contributed by atoms with Gasteiger partial charge in [0.25, 0.3) is 8.32 Å². The average molecular weight is 817 g/mol. The van der Waals surface area contributed by atoms with Crippen molar-refractivity contribution in [2.75, 3.05) is 19.8 Å². The highest BCUT2D eigenvalue weighted by molar-refractivity contribution is 6.99. The molecule has 0 spiro atoms. The van der Waals surface area contributed by atoms with Crippen LogP contribution in [0.4, 0.5) is 0 Å². The molecule has 9 nitrogen and oxygen atoms in total. The highest BCUT2D eigenvalue weighted by Gasteiger charge is 2.58. The van der Waals surface area contributed by atoms with Crippen LogP contribution in [0.25, 0.3) is 10.8 Å². The van der Waals surface area contributed by atoms with E-state index in [0.717, 1.165) is 26.7 Å². The molecule has 0 aliphatic carbocycles. The van der Waals surface area contributed by atoms with Crippen LogP contribution in [0.5, 0.6) is 0 Å². The molecular weight excluding hydrogens is 757 g/mol. The summed E-state index contributed by atoms with van der Waals surface area (Å²) in [7, 11) is -3.00. The Morgan fingerprint density at radius 1 is 0.864 bits per heavy atom. The lowest BCUT2D eigenvalue weighted by Crippen LogP contribution is -2.67. The van der Waals surface area contributed by atoms with Crippen molar-refractivity contribution >= 4 is 58.6 Å². The minimum Gasteiger partial charge on any atom is -0.404 e. The van der Waals surface area contributed by atoms with E-state index >= 15 is 0 Å². The maximum atomic E-state index is 14.8. The van der Waals surface area contributed by atoms with E-state index in [-0.39, 0.29) is 79.0 Å². The SMILES string of the molecule is CC(=O)CCC(=O)N1CCC[C@H]1C(=O)C[C@@H](Cc1ccc2ccccc2c1)C(=O)N[C@@H](CC(C)C)C(=O)[C@@]1(CO[Si](c2ccccc2)(c2ccccc2)C(C)(C)C)CO1. The van der Waals surface area contributed by atoms with Crippen LogP contribution in [0.15, 0.2) is 103 Å². The number of rotatable bonds is 19. The molecule has 2 amide bonds. The first kappa shape index (κ1) is 43.8. The van der Waals surface area contributed by atoms with E-state index in [4.69, 9.17) is 9.16 Å². The normalized spacial score (nSPS) is 19.0. The lowest BCUT2D eigenvalue weighted by atomic mass is 9.88. The third-order valence-corrected chi connectivity index (χ3v) is 17.0. The van der Waals surface area contributed by atoms with Crippen LogP contribution in [0.2, 0.25) is 5.04 Å². The Balaban J connectivity index is 1.26. The zero-order chi connectivity index (χ0) is 42.4. The van der Waals surface area contributed by atoms with E-state index in [9.17, 15) is 24.0 Å². The van der Waals surface area contributed by atoms with Crippen molar-refractivity contribution in [3.8, 4) is 0 Å². The monoisotopic (exact) mass is 816 g/mol. The van der Waals surface area contributed by atoms with Gasteiger partial charge in [0.1, 0.15) is 5.78 Å². The minimum absolute atomic E-state index is 0.0394. The summed E-state index contributed by atoms with van der Waals surface area (Å²) in [6.45, 7) is 12.7. The molecule has 0 saturated carbocycles. The second-order valence-corrected chi connectivity index (χ2v) is 22.3. The number of hydrogen-bond donors (Lipinski definition) is 1. The molecule has 0 unspecified atom stereocenters. The van der Waals surface area contributed by atoms with Gasteiger partial charge in [-0.2, -0.15) is 0 Å². The summed E-state index contributed by atoms with van der Waals surface area (Å²) in [5.41, 5.74) is -0.335. The molecule has 0 aromatic heterocycles. The maximum Gasteiger partial charge on any atom is 0.261 e. The Morgan fingerprint density at radius 2 is 1.47 bits per heavy atom. The second kappa shape index (κ2) is 18.7. The number of epoxide rings is 1. The van der Waals surface area contributed by atoms with Crippen LogP contribution in [0.3, 0.4) is 0 Å². The van der Waals surface area contributed by atoms with Crippen molar-refractivity contribution in [3.05, 3.63) is 109 Å². The number of nitrogens with one attached hydrogen (secondary N) is 1. The zero-order valence-electron chi connectivity index (χ0n) is 35.5. The molecule has 4 aromatic carbocycles. The fourth-order valence-corrected chi connectivity index (χ4v) is 13.4. The van der Waals surface area contributed by atoms with Crippen LogP contribution >= 0.6 is 0 Å². The molecule has 2 heterocycles. The molecule has 1 N–H and O–H groups in total. The lowest BCUT2D eigenvalue weighted by molar-refractivity contribution is -0.140.